The van der Waals surface area contributed by atoms with Crippen LogP contribution in [-0.4, -0.2) is 24.3 Å². The van der Waals surface area contributed by atoms with Crippen molar-refractivity contribution in [2.24, 2.45) is 5.92 Å². The Morgan fingerprint density at radius 2 is 1.85 bits per heavy atom. The van der Waals surface area contributed by atoms with Crippen LogP contribution in [0.25, 0.3) is 11.1 Å². The zero-order valence-electron chi connectivity index (χ0n) is 17.8. The number of anilines is 1. The number of hydrogen-bond acceptors (Lipinski definition) is 5. The average molecular weight is 492 g/mol. The van der Waals surface area contributed by atoms with Gasteiger partial charge in [0.2, 0.25) is 5.91 Å². The third kappa shape index (κ3) is 4.89. The first-order valence-corrected chi connectivity index (χ1v) is 12.2. The van der Waals surface area contributed by atoms with Crippen LogP contribution in [0.3, 0.4) is 0 Å². The summed E-state index contributed by atoms with van der Waals surface area (Å²) in [5.74, 6) is -2.35. The number of rotatable bonds is 6. The summed E-state index contributed by atoms with van der Waals surface area (Å²) in [5, 5.41) is 2.76. The number of carbonyl (C=O) groups excluding carboxylic acids is 1. The lowest BCUT2D eigenvalue weighted by molar-refractivity contribution is -0.117. The number of nitrogens with zero attached hydrogens (tertiary/aromatic N) is 2. The first-order chi connectivity index (χ1) is 15.6. The molecule has 1 aliphatic carbocycles. The van der Waals surface area contributed by atoms with Crippen molar-refractivity contribution in [1.29, 1.82) is 0 Å². The Kier molecular flexibility index (Phi) is 6.20. The number of sulfone groups is 1. The zero-order valence-corrected chi connectivity index (χ0v) is 19.4. The number of aryl methyl sites for hydroxylation is 1. The van der Waals surface area contributed by atoms with Crippen molar-refractivity contribution in [3.05, 3.63) is 70.1 Å². The summed E-state index contributed by atoms with van der Waals surface area (Å²) < 4.78 is 53.2. The average Bonchev–Trinajstić information content (AvgIpc) is 3.58. The smallest absolute Gasteiger partial charge is 0.228 e. The highest BCUT2D eigenvalue weighted by Crippen LogP contribution is 2.35. The third-order valence-corrected chi connectivity index (χ3v) is 7.56. The normalized spacial score (nSPS) is 13.7. The summed E-state index contributed by atoms with van der Waals surface area (Å²) in [4.78, 5) is 19.9. The van der Waals surface area contributed by atoms with E-state index in [0.717, 1.165) is 30.5 Å². The maximum absolute atomic E-state index is 14.1. The molecule has 6 nitrogen and oxygen atoms in total. The summed E-state index contributed by atoms with van der Waals surface area (Å²) in [6, 6.07) is 4.00. The maximum Gasteiger partial charge on any atom is 0.228 e. The van der Waals surface area contributed by atoms with E-state index < -0.39 is 32.1 Å². The summed E-state index contributed by atoms with van der Waals surface area (Å²) in [6.45, 7) is 3.52. The zero-order chi connectivity index (χ0) is 23.9. The van der Waals surface area contributed by atoms with Gasteiger partial charge in [0.1, 0.15) is 27.5 Å². The molecule has 3 aromatic rings. The van der Waals surface area contributed by atoms with Gasteiger partial charge < -0.3 is 5.32 Å². The van der Waals surface area contributed by atoms with Gasteiger partial charge in [-0.25, -0.2) is 27.2 Å². The van der Waals surface area contributed by atoms with Gasteiger partial charge in [-0.3, -0.25) is 4.79 Å². The summed E-state index contributed by atoms with van der Waals surface area (Å²) in [7, 11) is -4.18. The van der Waals surface area contributed by atoms with Crippen LogP contribution < -0.4 is 5.32 Å². The molecule has 1 saturated carbocycles. The second-order valence-corrected chi connectivity index (χ2v) is 10.4. The molecule has 0 bridgehead atoms. The van der Waals surface area contributed by atoms with E-state index in [1.807, 2.05) is 6.92 Å². The predicted molar refractivity (Wildman–Crippen MR) is 121 cm³/mol. The molecule has 0 atom stereocenters. The number of aromatic nitrogens is 2. The molecule has 1 fully saturated rings. The van der Waals surface area contributed by atoms with E-state index in [1.54, 1.807) is 19.2 Å². The van der Waals surface area contributed by atoms with Gasteiger partial charge in [0, 0.05) is 35.5 Å². The molecule has 10 heteroatoms. The van der Waals surface area contributed by atoms with Gasteiger partial charge in [-0.05, 0) is 61.6 Å². The highest BCUT2D eigenvalue weighted by molar-refractivity contribution is 7.90. The molecule has 0 saturated heterocycles. The van der Waals surface area contributed by atoms with Gasteiger partial charge in [-0.1, -0.05) is 11.6 Å². The number of benzene rings is 1. The molecule has 0 radical (unpaired) electrons. The molecule has 0 aliphatic heterocycles. The van der Waals surface area contributed by atoms with E-state index in [4.69, 9.17) is 11.6 Å². The van der Waals surface area contributed by atoms with Crippen molar-refractivity contribution in [3.8, 4) is 11.1 Å². The quantitative estimate of drug-likeness (QED) is 0.386. The molecule has 2 heterocycles. The summed E-state index contributed by atoms with van der Waals surface area (Å²) >= 11 is 6.23. The van der Waals surface area contributed by atoms with Gasteiger partial charge in [0.05, 0.1) is 5.75 Å². The standard InChI is InChI=1S/C23H20ClF2N3O3S/c1-12-9-27-21(29-23(30)14-3-4-14)8-16(12)17-10-28-22(24)18(13(17)2)11-33(31,32)20-6-5-15(25)7-19(20)26/h5-10,14H,3-4,11H2,1-2H3,(H,27,29,30). The molecular formula is C23H20ClF2N3O3S. The molecule has 2 aromatic heterocycles. The van der Waals surface area contributed by atoms with Gasteiger partial charge in [0.15, 0.2) is 9.84 Å². The highest BCUT2D eigenvalue weighted by Gasteiger charge is 2.30. The fourth-order valence-electron chi connectivity index (χ4n) is 3.50. The van der Waals surface area contributed by atoms with Crippen molar-refractivity contribution >= 4 is 33.2 Å². The lowest BCUT2D eigenvalue weighted by Crippen LogP contribution is -2.14. The van der Waals surface area contributed by atoms with Crippen LogP contribution in [0, 0.1) is 31.4 Å². The molecule has 33 heavy (non-hydrogen) atoms. The molecular weight excluding hydrogens is 472 g/mol. The minimum absolute atomic E-state index is 0.0131. The summed E-state index contributed by atoms with van der Waals surface area (Å²) in [5.41, 5.74) is 2.83. The number of pyridine rings is 2. The Balaban J connectivity index is 1.72. The van der Waals surface area contributed by atoms with Crippen molar-refractivity contribution in [2.75, 3.05) is 5.32 Å². The maximum atomic E-state index is 14.1. The predicted octanol–water partition coefficient (Wildman–Crippen LogP) is 5.01. The Bertz CT molecular complexity index is 1380. The van der Waals surface area contributed by atoms with Crippen LogP contribution in [0.4, 0.5) is 14.6 Å². The molecule has 1 aliphatic rings. The van der Waals surface area contributed by atoms with Gasteiger partial charge >= 0.3 is 0 Å². The number of carbonyl (C=O) groups is 1. The Morgan fingerprint density at radius 3 is 2.52 bits per heavy atom. The molecule has 1 N–H and O–H groups in total. The van der Waals surface area contributed by atoms with Crippen molar-refractivity contribution in [3.63, 3.8) is 0 Å². The van der Waals surface area contributed by atoms with Crippen LogP contribution in [-0.2, 0) is 20.4 Å². The van der Waals surface area contributed by atoms with Crippen LogP contribution >= 0.6 is 11.6 Å². The van der Waals surface area contributed by atoms with Gasteiger partial charge in [-0.15, -0.1) is 0 Å². The fraction of sp³-hybridized carbons (Fsp3) is 0.261. The molecule has 1 aromatic carbocycles. The van der Waals surface area contributed by atoms with Crippen molar-refractivity contribution in [2.45, 2.75) is 37.3 Å². The number of amides is 1. The highest BCUT2D eigenvalue weighted by atomic mass is 35.5. The Hall–Kier alpha value is -2.91. The Labute approximate surface area is 195 Å². The van der Waals surface area contributed by atoms with E-state index in [-0.39, 0.29) is 22.5 Å². The molecule has 1 amide bonds. The number of halogens is 3. The molecule has 0 spiro atoms. The number of hydrogen-bond donors (Lipinski definition) is 1. The van der Waals surface area contributed by atoms with Crippen LogP contribution in [0.5, 0.6) is 0 Å². The minimum Gasteiger partial charge on any atom is -0.310 e. The third-order valence-electron chi connectivity index (χ3n) is 5.57. The SMILES string of the molecule is Cc1cnc(NC(=O)C2CC2)cc1-c1cnc(Cl)c(CS(=O)(=O)c2ccc(F)cc2F)c1C. The summed E-state index contributed by atoms with van der Waals surface area (Å²) in [6.07, 6.45) is 4.84. The largest absolute Gasteiger partial charge is 0.310 e. The Morgan fingerprint density at radius 1 is 1.12 bits per heavy atom. The first-order valence-electron chi connectivity index (χ1n) is 10.2. The number of nitrogens with one attached hydrogen (secondary N) is 1. The van der Waals surface area contributed by atoms with Crippen LogP contribution in [0.2, 0.25) is 5.15 Å². The monoisotopic (exact) mass is 491 g/mol. The first kappa shape index (κ1) is 23.3. The van der Waals surface area contributed by atoms with E-state index in [0.29, 0.717) is 28.6 Å². The lowest BCUT2D eigenvalue weighted by atomic mass is 9.97. The van der Waals surface area contributed by atoms with Crippen LogP contribution in [0.1, 0.15) is 29.5 Å². The minimum atomic E-state index is -4.18. The van der Waals surface area contributed by atoms with Gasteiger partial charge in [-0.2, -0.15) is 0 Å². The molecule has 4 rings (SSSR count). The van der Waals surface area contributed by atoms with E-state index in [9.17, 15) is 22.0 Å². The van der Waals surface area contributed by atoms with E-state index in [1.165, 1.54) is 6.20 Å². The van der Waals surface area contributed by atoms with Gasteiger partial charge in [0.25, 0.3) is 0 Å². The van der Waals surface area contributed by atoms with Crippen molar-refractivity contribution in [1.82, 2.24) is 9.97 Å². The second-order valence-electron chi connectivity index (χ2n) is 8.05. The second kappa shape index (κ2) is 8.79. The molecule has 0 unspecified atom stereocenters. The van der Waals surface area contributed by atoms with E-state index in [2.05, 4.69) is 15.3 Å². The van der Waals surface area contributed by atoms with Crippen molar-refractivity contribution < 1.29 is 22.0 Å². The fourth-order valence-corrected chi connectivity index (χ4v) is 5.36. The topological polar surface area (TPSA) is 89.0 Å². The van der Waals surface area contributed by atoms with Crippen LogP contribution in [0.15, 0.2) is 41.6 Å². The lowest BCUT2D eigenvalue weighted by Gasteiger charge is -2.16. The molecule has 172 valence electrons. The van der Waals surface area contributed by atoms with E-state index >= 15 is 0 Å².